The molecule has 0 aromatic heterocycles. The van der Waals surface area contributed by atoms with Crippen molar-refractivity contribution in [3.8, 4) is 11.5 Å². The minimum Gasteiger partial charge on any atom is -0.489 e. The largest absolute Gasteiger partial charge is 0.489 e. The summed E-state index contributed by atoms with van der Waals surface area (Å²) in [7, 11) is 0. The molecule has 0 spiro atoms. The maximum atomic E-state index is 12.5. The van der Waals surface area contributed by atoms with E-state index >= 15 is 0 Å². The lowest BCUT2D eigenvalue weighted by molar-refractivity contribution is -0.0493. The molecule has 1 N–H and O–H groups in total. The quantitative estimate of drug-likeness (QED) is 0.629. The minimum absolute atomic E-state index is 0.0997. The Bertz CT molecular complexity index is 901. The van der Waals surface area contributed by atoms with E-state index in [0.29, 0.717) is 17.9 Å². The first-order chi connectivity index (χ1) is 13.1. The highest BCUT2D eigenvalue weighted by atomic mass is 19.3. The molecule has 0 aliphatic carbocycles. The second-order valence-corrected chi connectivity index (χ2v) is 5.63. The Morgan fingerprint density at radius 2 is 1.67 bits per heavy atom. The lowest BCUT2D eigenvalue weighted by Crippen LogP contribution is -2.14. The van der Waals surface area contributed by atoms with Crippen molar-refractivity contribution >= 4 is 11.6 Å². The third kappa shape index (κ3) is 5.28. The number of carbonyl (C=O) groups excluding carboxylic acids is 1. The molecule has 0 bridgehead atoms. The average Bonchev–Trinajstić information content (AvgIpc) is 2.68. The van der Waals surface area contributed by atoms with Crippen LogP contribution < -0.4 is 14.8 Å². The summed E-state index contributed by atoms with van der Waals surface area (Å²) in [6.07, 6.45) is 0. The van der Waals surface area contributed by atoms with E-state index in [1.54, 1.807) is 36.4 Å². The van der Waals surface area contributed by atoms with Crippen LogP contribution in [0.5, 0.6) is 11.5 Å². The van der Waals surface area contributed by atoms with Gasteiger partial charge in [0.2, 0.25) is 0 Å². The zero-order valence-electron chi connectivity index (χ0n) is 14.3. The third-order valence-electron chi connectivity index (χ3n) is 3.70. The van der Waals surface area contributed by atoms with E-state index < -0.39 is 12.5 Å². The first-order valence-corrected chi connectivity index (χ1v) is 8.24. The van der Waals surface area contributed by atoms with Gasteiger partial charge >= 0.3 is 6.61 Å². The van der Waals surface area contributed by atoms with E-state index in [2.05, 4.69) is 10.1 Å². The molecule has 6 heteroatoms. The molecule has 3 rings (SSSR count). The number of anilines is 1. The summed E-state index contributed by atoms with van der Waals surface area (Å²) in [5, 5.41) is 2.58. The summed E-state index contributed by atoms with van der Waals surface area (Å²) >= 11 is 0. The lowest BCUT2D eigenvalue weighted by Gasteiger charge is -2.12. The summed E-state index contributed by atoms with van der Waals surface area (Å²) in [4.78, 5) is 12.5. The van der Waals surface area contributed by atoms with Gasteiger partial charge in [-0.05, 0) is 35.9 Å². The van der Waals surface area contributed by atoms with E-state index in [-0.39, 0.29) is 11.4 Å². The van der Waals surface area contributed by atoms with Crippen LogP contribution in [-0.2, 0) is 6.61 Å². The van der Waals surface area contributed by atoms with Gasteiger partial charge in [0.15, 0.2) is 0 Å². The van der Waals surface area contributed by atoms with Crippen LogP contribution in [0.25, 0.3) is 0 Å². The Morgan fingerprint density at radius 3 is 2.44 bits per heavy atom. The molecule has 27 heavy (non-hydrogen) atoms. The smallest absolute Gasteiger partial charge is 0.387 e. The molecule has 3 aromatic carbocycles. The summed E-state index contributed by atoms with van der Waals surface area (Å²) in [5.74, 6) is -0.0218. The highest BCUT2D eigenvalue weighted by Gasteiger charge is 2.13. The summed E-state index contributed by atoms with van der Waals surface area (Å²) in [5.41, 5.74) is 1.51. The van der Waals surface area contributed by atoms with Gasteiger partial charge in [0, 0.05) is 5.56 Å². The Morgan fingerprint density at radius 1 is 0.926 bits per heavy atom. The fourth-order valence-electron chi connectivity index (χ4n) is 2.43. The van der Waals surface area contributed by atoms with Gasteiger partial charge in [0.1, 0.15) is 18.1 Å². The Kier molecular flexibility index (Phi) is 5.99. The molecule has 0 unspecified atom stereocenters. The van der Waals surface area contributed by atoms with Crippen LogP contribution in [0.15, 0.2) is 78.9 Å². The Balaban J connectivity index is 1.69. The van der Waals surface area contributed by atoms with E-state index in [1.807, 2.05) is 30.3 Å². The van der Waals surface area contributed by atoms with Crippen LogP contribution in [0.2, 0.25) is 0 Å². The number of carbonyl (C=O) groups is 1. The van der Waals surface area contributed by atoms with Gasteiger partial charge < -0.3 is 14.8 Å². The molecule has 0 heterocycles. The number of rotatable bonds is 7. The number of hydrogen-bond donors (Lipinski definition) is 1. The molecule has 0 aliphatic rings. The van der Waals surface area contributed by atoms with Crippen molar-refractivity contribution in [3.05, 3.63) is 90.0 Å². The fourth-order valence-corrected chi connectivity index (χ4v) is 2.43. The normalized spacial score (nSPS) is 10.5. The van der Waals surface area contributed by atoms with Gasteiger partial charge in [-0.3, -0.25) is 4.79 Å². The average molecular weight is 369 g/mol. The third-order valence-corrected chi connectivity index (χ3v) is 3.70. The SMILES string of the molecule is O=C(Nc1ccccc1OC(F)F)c1cccc(OCc2ccccc2)c1. The van der Waals surface area contributed by atoms with Crippen molar-refractivity contribution in [2.45, 2.75) is 13.2 Å². The molecule has 0 atom stereocenters. The van der Waals surface area contributed by atoms with Crippen LogP contribution in [-0.4, -0.2) is 12.5 Å². The van der Waals surface area contributed by atoms with Gasteiger partial charge in [-0.1, -0.05) is 48.5 Å². The molecule has 0 fully saturated rings. The van der Waals surface area contributed by atoms with Gasteiger partial charge in [0.05, 0.1) is 5.69 Å². The lowest BCUT2D eigenvalue weighted by atomic mass is 10.2. The zero-order chi connectivity index (χ0) is 19.1. The molecule has 0 saturated carbocycles. The van der Waals surface area contributed by atoms with E-state index in [4.69, 9.17) is 4.74 Å². The van der Waals surface area contributed by atoms with Crippen LogP contribution >= 0.6 is 0 Å². The van der Waals surface area contributed by atoms with Gasteiger partial charge in [-0.25, -0.2) is 0 Å². The number of para-hydroxylation sites is 2. The van der Waals surface area contributed by atoms with Crippen LogP contribution in [0.1, 0.15) is 15.9 Å². The van der Waals surface area contributed by atoms with Gasteiger partial charge in [-0.2, -0.15) is 8.78 Å². The fraction of sp³-hybridized carbons (Fsp3) is 0.0952. The topological polar surface area (TPSA) is 47.6 Å². The molecule has 3 aromatic rings. The van der Waals surface area contributed by atoms with Crippen molar-refractivity contribution in [1.82, 2.24) is 0 Å². The highest BCUT2D eigenvalue weighted by Crippen LogP contribution is 2.26. The standard InChI is InChI=1S/C21H17F2NO3/c22-21(23)27-19-12-5-4-11-18(19)24-20(25)16-9-6-10-17(13-16)26-14-15-7-2-1-3-8-15/h1-13,21H,14H2,(H,24,25). The first-order valence-electron chi connectivity index (χ1n) is 8.24. The molecule has 1 amide bonds. The maximum Gasteiger partial charge on any atom is 0.387 e. The molecule has 4 nitrogen and oxygen atoms in total. The number of amides is 1. The van der Waals surface area contributed by atoms with Crippen molar-refractivity contribution in [3.63, 3.8) is 0 Å². The van der Waals surface area contributed by atoms with Crippen molar-refractivity contribution in [2.75, 3.05) is 5.32 Å². The second kappa shape index (κ2) is 8.80. The highest BCUT2D eigenvalue weighted by molar-refractivity contribution is 6.05. The number of halogens is 2. The Hall–Kier alpha value is -3.41. The van der Waals surface area contributed by atoms with Gasteiger partial charge in [-0.15, -0.1) is 0 Å². The number of ether oxygens (including phenoxy) is 2. The number of alkyl halides is 2. The minimum atomic E-state index is -2.97. The molecule has 0 saturated heterocycles. The summed E-state index contributed by atoms with van der Waals surface area (Å²) in [6.45, 7) is -2.60. The van der Waals surface area contributed by atoms with E-state index in [1.165, 1.54) is 12.1 Å². The summed E-state index contributed by atoms with van der Waals surface area (Å²) < 4.78 is 35.1. The van der Waals surface area contributed by atoms with Crippen LogP contribution in [0, 0.1) is 0 Å². The summed E-state index contributed by atoms with van der Waals surface area (Å²) in [6, 6.07) is 22.3. The van der Waals surface area contributed by atoms with Gasteiger partial charge in [0.25, 0.3) is 5.91 Å². The molecular formula is C21H17F2NO3. The predicted molar refractivity (Wildman–Crippen MR) is 98.2 cm³/mol. The van der Waals surface area contributed by atoms with E-state index in [0.717, 1.165) is 5.56 Å². The molecular weight excluding hydrogens is 352 g/mol. The zero-order valence-corrected chi connectivity index (χ0v) is 14.3. The van der Waals surface area contributed by atoms with Crippen molar-refractivity contribution in [2.24, 2.45) is 0 Å². The van der Waals surface area contributed by atoms with Crippen LogP contribution in [0.4, 0.5) is 14.5 Å². The molecule has 0 radical (unpaired) electrons. The molecule has 0 aliphatic heterocycles. The van der Waals surface area contributed by atoms with E-state index in [9.17, 15) is 13.6 Å². The second-order valence-electron chi connectivity index (χ2n) is 5.63. The number of nitrogens with one attached hydrogen (secondary N) is 1. The maximum absolute atomic E-state index is 12.5. The monoisotopic (exact) mass is 369 g/mol. The number of benzene rings is 3. The molecule has 138 valence electrons. The van der Waals surface area contributed by atoms with Crippen LogP contribution in [0.3, 0.4) is 0 Å². The first kappa shape index (κ1) is 18.4. The predicted octanol–water partition coefficient (Wildman–Crippen LogP) is 5.12. The number of hydrogen-bond acceptors (Lipinski definition) is 3. The van der Waals surface area contributed by atoms with Crippen molar-refractivity contribution < 1.29 is 23.0 Å². The Labute approximate surface area is 155 Å². The van der Waals surface area contributed by atoms with Crippen molar-refractivity contribution in [1.29, 1.82) is 0 Å².